The zero-order chi connectivity index (χ0) is 15.2. The fourth-order valence-corrected chi connectivity index (χ4v) is 2.25. The Kier molecular flexibility index (Phi) is 5.11. The topological polar surface area (TPSA) is 66.9 Å². The molecular formula is C15H17ClN4O. The van der Waals surface area contributed by atoms with E-state index in [-0.39, 0.29) is 12.1 Å². The number of urea groups is 1. The third-order valence-corrected chi connectivity index (χ3v) is 3.31. The number of anilines is 1. The highest BCUT2D eigenvalue weighted by Gasteiger charge is 2.12. The number of aromatic nitrogens is 2. The first-order valence-corrected chi connectivity index (χ1v) is 7.08. The second-order valence-corrected chi connectivity index (χ2v) is 5.08. The number of nitrogens with zero attached hydrogens (tertiary/aromatic N) is 2. The maximum Gasteiger partial charge on any atom is 0.319 e. The van der Waals surface area contributed by atoms with Crippen LogP contribution in [0.15, 0.2) is 36.9 Å². The minimum atomic E-state index is -0.301. The maximum absolute atomic E-state index is 12.0. The Balaban J connectivity index is 2.02. The molecule has 0 aliphatic heterocycles. The van der Waals surface area contributed by atoms with Crippen LogP contribution >= 0.6 is 11.6 Å². The summed E-state index contributed by atoms with van der Waals surface area (Å²) >= 11 is 5.83. The number of rotatable bonds is 4. The van der Waals surface area contributed by atoms with Crippen LogP contribution in [-0.4, -0.2) is 16.0 Å². The first kappa shape index (κ1) is 15.3. The number of nitrogens with one attached hydrogen (secondary N) is 2. The molecule has 1 atom stereocenters. The summed E-state index contributed by atoms with van der Waals surface area (Å²) in [4.78, 5) is 20.0. The van der Waals surface area contributed by atoms with Crippen molar-refractivity contribution in [3.8, 4) is 0 Å². The summed E-state index contributed by atoms with van der Waals surface area (Å²) in [5, 5.41) is 6.07. The Morgan fingerprint density at radius 1 is 1.33 bits per heavy atom. The van der Waals surface area contributed by atoms with Crippen molar-refractivity contribution >= 4 is 23.3 Å². The lowest BCUT2D eigenvalue weighted by Crippen LogP contribution is -2.31. The van der Waals surface area contributed by atoms with Gasteiger partial charge in [0.05, 0.1) is 22.9 Å². The zero-order valence-corrected chi connectivity index (χ0v) is 12.7. The Morgan fingerprint density at radius 3 is 2.86 bits per heavy atom. The van der Waals surface area contributed by atoms with E-state index in [2.05, 4.69) is 27.5 Å². The van der Waals surface area contributed by atoms with Crippen LogP contribution in [0, 0.1) is 0 Å². The standard InChI is InChI=1S/C15H17ClN4O/c1-3-11-7-17-5-4-14(11)10(2)19-15(21)20-13-6-12(16)8-18-9-13/h4-10H,3H2,1-2H3,(H2,19,20,21). The number of carbonyl (C=O) groups is 1. The van der Waals surface area contributed by atoms with E-state index < -0.39 is 0 Å². The van der Waals surface area contributed by atoms with Crippen LogP contribution in [-0.2, 0) is 6.42 Å². The third kappa shape index (κ3) is 4.16. The number of pyridine rings is 2. The quantitative estimate of drug-likeness (QED) is 0.907. The molecule has 0 aliphatic carbocycles. The van der Waals surface area contributed by atoms with Crippen LogP contribution in [0.4, 0.5) is 10.5 Å². The lowest BCUT2D eigenvalue weighted by atomic mass is 10.0. The summed E-state index contributed by atoms with van der Waals surface area (Å²) in [6, 6.07) is 3.15. The van der Waals surface area contributed by atoms with Gasteiger partial charge < -0.3 is 10.6 Å². The highest BCUT2D eigenvalue weighted by atomic mass is 35.5. The van der Waals surface area contributed by atoms with E-state index in [4.69, 9.17) is 11.6 Å². The van der Waals surface area contributed by atoms with Gasteiger partial charge in [-0.15, -0.1) is 0 Å². The fourth-order valence-electron chi connectivity index (χ4n) is 2.08. The zero-order valence-electron chi connectivity index (χ0n) is 11.9. The summed E-state index contributed by atoms with van der Waals surface area (Å²) in [5.41, 5.74) is 2.74. The van der Waals surface area contributed by atoms with E-state index in [9.17, 15) is 4.79 Å². The Hall–Kier alpha value is -2.14. The maximum atomic E-state index is 12.0. The van der Waals surface area contributed by atoms with Crippen LogP contribution in [0.2, 0.25) is 5.02 Å². The molecule has 0 fully saturated rings. The monoisotopic (exact) mass is 304 g/mol. The molecule has 2 rings (SSSR count). The number of hydrogen-bond acceptors (Lipinski definition) is 3. The smallest absolute Gasteiger partial charge is 0.319 e. The van der Waals surface area contributed by atoms with Gasteiger partial charge in [0.25, 0.3) is 0 Å². The predicted octanol–water partition coefficient (Wildman–Crippen LogP) is 3.58. The van der Waals surface area contributed by atoms with Crippen molar-refractivity contribution in [3.05, 3.63) is 53.1 Å². The van der Waals surface area contributed by atoms with E-state index >= 15 is 0 Å². The normalized spacial score (nSPS) is 11.8. The highest BCUT2D eigenvalue weighted by Crippen LogP contribution is 2.18. The summed E-state index contributed by atoms with van der Waals surface area (Å²) in [6.45, 7) is 4.00. The van der Waals surface area contributed by atoms with Crippen LogP contribution in [0.3, 0.4) is 0 Å². The van der Waals surface area contributed by atoms with Crippen molar-refractivity contribution < 1.29 is 4.79 Å². The van der Waals surface area contributed by atoms with Crippen LogP contribution in [0.25, 0.3) is 0 Å². The summed E-state index contributed by atoms with van der Waals surface area (Å²) < 4.78 is 0. The third-order valence-electron chi connectivity index (χ3n) is 3.10. The average Bonchev–Trinajstić information content (AvgIpc) is 2.47. The van der Waals surface area contributed by atoms with Crippen molar-refractivity contribution in [3.63, 3.8) is 0 Å². The van der Waals surface area contributed by atoms with E-state index in [1.165, 1.54) is 6.20 Å². The van der Waals surface area contributed by atoms with Gasteiger partial charge in [0.15, 0.2) is 0 Å². The fraction of sp³-hybridized carbons (Fsp3) is 0.267. The lowest BCUT2D eigenvalue weighted by Gasteiger charge is -2.17. The number of aryl methyl sites for hydroxylation is 1. The molecular weight excluding hydrogens is 288 g/mol. The van der Waals surface area contributed by atoms with Gasteiger partial charge in [-0.2, -0.15) is 0 Å². The van der Waals surface area contributed by atoms with E-state index in [1.54, 1.807) is 18.5 Å². The summed E-state index contributed by atoms with van der Waals surface area (Å²) in [5.74, 6) is 0. The molecule has 0 aliphatic rings. The molecule has 110 valence electrons. The molecule has 0 saturated heterocycles. The Labute approximate surface area is 128 Å². The first-order chi connectivity index (χ1) is 10.1. The molecule has 2 heterocycles. The molecule has 6 heteroatoms. The molecule has 0 bridgehead atoms. The lowest BCUT2D eigenvalue weighted by molar-refractivity contribution is 0.249. The van der Waals surface area contributed by atoms with Crippen molar-refractivity contribution in [1.82, 2.24) is 15.3 Å². The van der Waals surface area contributed by atoms with Crippen LogP contribution in [0.1, 0.15) is 31.0 Å². The molecule has 0 spiro atoms. The minimum absolute atomic E-state index is 0.116. The SMILES string of the molecule is CCc1cnccc1C(C)NC(=O)Nc1cncc(Cl)c1. The first-order valence-electron chi connectivity index (χ1n) is 6.71. The number of carbonyl (C=O) groups excluding carboxylic acids is 1. The predicted molar refractivity (Wildman–Crippen MR) is 83.4 cm³/mol. The van der Waals surface area contributed by atoms with Gasteiger partial charge in [-0.05, 0) is 36.6 Å². The molecule has 0 aromatic carbocycles. The molecule has 2 amide bonds. The molecule has 21 heavy (non-hydrogen) atoms. The molecule has 2 aromatic heterocycles. The van der Waals surface area contributed by atoms with Gasteiger partial charge in [-0.25, -0.2) is 4.79 Å². The number of hydrogen-bond donors (Lipinski definition) is 2. The van der Waals surface area contributed by atoms with Crippen molar-refractivity contribution in [2.45, 2.75) is 26.3 Å². The van der Waals surface area contributed by atoms with Gasteiger partial charge in [0.2, 0.25) is 0 Å². The molecule has 2 N–H and O–H groups in total. The van der Waals surface area contributed by atoms with Crippen LogP contribution < -0.4 is 10.6 Å². The van der Waals surface area contributed by atoms with Crippen molar-refractivity contribution in [1.29, 1.82) is 0 Å². The van der Waals surface area contributed by atoms with Gasteiger partial charge in [0.1, 0.15) is 0 Å². The Morgan fingerprint density at radius 2 is 2.14 bits per heavy atom. The second kappa shape index (κ2) is 7.04. The molecule has 0 saturated carbocycles. The second-order valence-electron chi connectivity index (χ2n) is 4.64. The van der Waals surface area contributed by atoms with Gasteiger partial charge >= 0.3 is 6.03 Å². The van der Waals surface area contributed by atoms with Gasteiger partial charge in [-0.1, -0.05) is 18.5 Å². The van der Waals surface area contributed by atoms with Crippen molar-refractivity contribution in [2.75, 3.05) is 5.32 Å². The summed E-state index contributed by atoms with van der Waals surface area (Å²) in [7, 11) is 0. The highest BCUT2D eigenvalue weighted by molar-refractivity contribution is 6.30. The summed E-state index contributed by atoms with van der Waals surface area (Å²) in [6.07, 6.45) is 7.48. The molecule has 2 aromatic rings. The van der Waals surface area contributed by atoms with Crippen LogP contribution in [0.5, 0.6) is 0 Å². The largest absolute Gasteiger partial charge is 0.331 e. The minimum Gasteiger partial charge on any atom is -0.331 e. The van der Waals surface area contributed by atoms with E-state index in [0.717, 1.165) is 17.5 Å². The number of amides is 2. The number of halogens is 1. The van der Waals surface area contributed by atoms with Gasteiger partial charge in [0, 0.05) is 18.6 Å². The molecule has 1 unspecified atom stereocenters. The van der Waals surface area contributed by atoms with E-state index in [1.807, 2.05) is 19.2 Å². The van der Waals surface area contributed by atoms with E-state index in [0.29, 0.717) is 10.7 Å². The average molecular weight is 305 g/mol. The van der Waals surface area contributed by atoms with Gasteiger partial charge in [-0.3, -0.25) is 9.97 Å². The van der Waals surface area contributed by atoms with Crippen molar-refractivity contribution in [2.24, 2.45) is 0 Å². The Bertz CT molecular complexity index is 633. The molecule has 0 radical (unpaired) electrons. The molecule has 5 nitrogen and oxygen atoms in total.